The maximum atomic E-state index is 12.1. The molecule has 2 rings (SSSR count). The van der Waals surface area contributed by atoms with Crippen molar-refractivity contribution >= 4 is 21.7 Å². The second kappa shape index (κ2) is 4.17. The number of nitrogens with zero attached hydrogens (tertiary/aromatic N) is 3. The van der Waals surface area contributed by atoms with Crippen LogP contribution >= 0.6 is 15.9 Å². The smallest absolute Gasteiger partial charge is 0.213 e. The monoisotopic (exact) mass is 279 g/mol. The fourth-order valence-corrected chi connectivity index (χ4v) is 1.93. The van der Waals surface area contributed by atoms with Crippen LogP contribution < -0.4 is 0 Å². The van der Waals surface area contributed by atoms with E-state index in [1.165, 1.54) is 0 Å². The maximum absolute atomic E-state index is 12.1. The summed E-state index contributed by atoms with van der Waals surface area (Å²) in [6.45, 7) is 1.88. The summed E-state index contributed by atoms with van der Waals surface area (Å²) in [6, 6.07) is 3.58. The highest BCUT2D eigenvalue weighted by Crippen LogP contribution is 2.18. The van der Waals surface area contributed by atoms with Gasteiger partial charge in [0.2, 0.25) is 5.78 Å². The van der Waals surface area contributed by atoms with Crippen LogP contribution in [0.1, 0.15) is 21.7 Å². The molecule has 0 saturated heterocycles. The lowest BCUT2D eigenvalue weighted by molar-refractivity contribution is 0.102. The average molecular weight is 280 g/mol. The van der Waals surface area contributed by atoms with Gasteiger partial charge in [-0.3, -0.25) is 14.5 Å². The Morgan fingerprint density at radius 3 is 2.62 bits per heavy atom. The number of hydrogen-bond donors (Lipinski definition) is 0. The van der Waals surface area contributed by atoms with E-state index in [0.29, 0.717) is 15.7 Å². The summed E-state index contributed by atoms with van der Waals surface area (Å²) in [5.41, 5.74) is 1.99. The molecule has 2 aromatic rings. The standard InChI is InChI=1S/C11H10BrN3O/c1-7-3-4-8(5-13-7)11(16)10-9(12)6-14-15(10)2/h3-6H,1-2H3. The molecule has 0 fully saturated rings. The van der Waals surface area contributed by atoms with Gasteiger partial charge in [-0.1, -0.05) is 0 Å². The Labute approximate surface area is 101 Å². The fraction of sp³-hybridized carbons (Fsp3) is 0.182. The Morgan fingerprint density at radius 1 is 1.38 bits per heavy atom. The molecule has 0 bridgehead atoms. The second-order valence-electron chi connectivity index (χ2n) is 3.48. The number of ketones is 1. The molecule has 2 aromatic heterocycles. The van der Waals surface area contributed by atoms with Gasteiger partial charge in [-0.05, 0) is 35.0 Å². The lowest BCUT2D eigenvalue weighted by Gasteiger charge is -2.02. The first-order chi connectivity index (χ1) is 7.59. The molecule has 0 aliphatic rings. The van der Waals surface area contributed by atoms with Gasteiger partial charge in [-0.25, -0.2) is 0 Å². The van der Waals surface area contributed by atoms with Crippen LogP contribution in [0.15, 0.2) is 29.0 Å². The summed E-state index contributed by atoms with van der Waals surface area (Å²) < 4.78 is 2.24. The first-order valence-electron chi connectivity index (χ1n) is 4.74. The van der Waals surface area contributed by atoms with Crippen molar-refractivity contribution in [2.45, 2.75) is 6.92 Å². The summed E-state index contributed by atoms with van der Waals surface area (Å²) in [4.78, 5) is 16.2. The van der Waals surface area contributed by atoms with Crippen LogP contribution in [-0.4, -0.2) is 20.5 Å². The van der Waals surface area contributed by atoms with Gasteiger partial charge in [-0.2, -0.15) is 5.10 Å². The van der Waals surface area contributed by atoms with E-state index in [9.17, 15) is 4.79 Å². The van der Waals surface area contributed by atoms with Crippen LogP contribution in [0.4, 0.5) is 0 Å². The zero-order valence-electron chi connectivity index (χ0n) is 8.94. The molecule has 0 atom stereocenters. The van der Waals surface area contributed by atoms with Gasteiger partial charge >= 0.3 is 0 Å². The topological polar surface area (TPSA) is 47.8 Å². The van der Waals surface area contributed by atoms with Crippen LogP contribution in [0.3, 0.4) is 0 Å². The number of halogens is 1. The van der Waals surface area contributed by atoms with E-state index in [0.717, 1.165) is 5.69 Å². The third-order valence-corrected chi connectivity index (χ3v) is 2.86. The van der Waals surface area contributed by atoms with Gasteiger partial charge < -0.3 is 0 Å². The quantitative estimate of drug-likeness (QED) is 0.792. The summed E-state index contributed by atoms with van der Waals surface area (Å²) >= 11 is 3.30. The highest BCUT2D eigenvalue weighted by atomic mass is 79.9. The fourth-order valence-electron chi connectivity index (χ4n) is 1.40. The first kappa shape index (κ1) is 11.0. The van der Waals surface area contributed by atoms with Crippen LogP contribution in [0, 0.1) is 6.92 Å². The molecule has 4 nitrogen and oxygen atoms in total. The van der Waals surface area contributed by atoms with E-state index in [1.807, 2.05) is 13.0 Å². The normalized spacial score (nSPS) is 10.4. The third kappa shape index (κ3) is 1.90. The molecule has 5 heteroatoms. The Balaban J connectivity index is 2.43. The average Bonchev–Trinajstić information content (AvgIpc) is 2.59. The van der Waals surface area contributed by atoms with Gasteiger partial charge in [0.05, 0.1) is 10.7 Å². The molecule has 82 valence electrons. The third-order valence-electron chi connectivity index (χ3n) is 2.28. The summed E-state index contributed by atoms with van der Waals surface area (Å²) in [5.74, 6) is -0.0839. The number of aromatic nitrogens is 3. The SMILES string of the molecule is Cc1ccc(C(=O)c2c(Br)cnn2C)cn1. The van der Waals surface area contributed by atoms with Crippen LogP contribution in [-0.2, 0) is 7.05 Å². The van der Waals surface area contributed by atoms with Crippen LogP contribution in [0.2, 0.25) is 0 Å². The molecule has 0 amide bonds. The molecule has 0 aromatic carbocycles. The summed E-state index contributed by atoms with van der Waals surface area (Å²) in [6.07, 6.45) is 3.19. The molecular weight excluding hydrogens is 270 g/mol. The van der Waals surface area contributed by atoms with E-state index in [-0.39, 0.29) is 5.78 Å². The minimum Gasteiger partial charge on any atom is -0.287 e. The Hall–Kier alpha value is -1.49. The number of rotatable bonds is 2. The van der Waals surface area contributed by atoms with Crippen LogP contribution in [0.5, 0.6) is 0 Å². The van der Waals surface area contributed by atoms with Gasteiger partial charge in [0.15, 0.2) is 0 Å². The van der Waals surface area contributed by atoms with Crippen molar-refractivity contribution in [2.24, 2.45) is 7.05 Å². The summed E-state index contributed by atoms with van der Waals surface area (Å²) in [7, 11) is 1.74. The largest absolute Gasteiger partial charge is 0.287 e. The summed E-state index contributed by atoms with van der Waals surface area (Å²) in [5, 5.41) is 4.01. The number of carbonyl (C=O) groups excluding carboxylic acids is 1. The predicted molar refractivity (Wildman–Crippen MR) is 63.3 cm³/mol. The van der Waals surface area contributed by atoms with Crippen LogP contribution in [0.25, 0.3) is 0 Å². The molecule has 0 radical (unpaired) electrons. The number of pyridine rings is 1. The highest BCUT2D eigenvalue weighted by Gasteiger charge is 2.17. The van der Waals surface area contributed by atoms with Gasteiger partial charge in [0.25, 0.3) is 0 Å². The van der Waals surface area contributed by atoms with Crippen molar-refractivity contribution in [2.75, 3.05) is 0 Å². The van der Waals surface area contributed by atoms with E-state index >= 15 is 0 Å². The maximum Gasteiger partial charge on any atom is 0.213 e. The first-order valence-corrected chi connectivity index (χ1v) is 5.53. The van der Waals surface area contributed by atoms with Crippen molar-refractivity contribution in [1.82, 2.24) is 14.8 Å². The molecule has 0 aliphatic carbocycles. The van der Waals surface area contributed by atoms with Crippen molar-refractivity contribution < 1.29 is 4.79 Å². The van der Waals surface area contributed by atoms with E-state index < -0.39 is 0 Å². The minimum absolute atomic E-state index is 0.0839. The zero-order chi connectivity index (χ0) is 11.7. The minimum atomic E-state index is -0.0839. The molecule has 0 N–H and O–H groups in total. The molecule has 0 aliphatic heterocycles. The number of aryl methyl sites for hydroxylation is 2. The number of hydrogen-bond acceptors (Lipinski definition) is 3. The molecule has 0 unspecified atom stereocenters. The van der Waals surface area contributed by atoms with Crippen molar-refractivity contribution in [3.8, 4) is 0 Å². The van der Waals surface area contributed by atoms with E-state index in [2.05, 4.69) is 26.0 Å². The van der Waals surface area contributed by atoms with E-state index in [4.69, 9.17) is 0 Å². The second-order valence-corrected chi connectivity index (χ2v) is 4.34. The zero-order valence-corrected chi connectivity index (χ0v) is 10.5. The molecule has 16 heavy (non-hydrogen) atoms. The van der Waals surface area contributed by atoms with Crippen molar-refractivity contribution in [3.05, 3.63) is 46.0 Å². The van der Waals surface area contributed by atoms with Crippen molar-refractivity contribution in [1.29, 1.82) is 0 Å². The predicted octanol–water partition coefficient (Wildman–Crippen LogP) is 2.12. The van der Waals surface area contributed by atoms with Gasteiger partial charge in [0.1, 0.15) is 5.69 Å². The highest BCUT2D eigenvalue weighted by molar-refractivity contribution is 9.10. The molecular formula is C11H10BrN3O. The Kier molecular flexibility index (Phi) is 2.87. The lowest BCUT2D eigenvalue weighted by Crippen LogP contribution is -2.09. The van der Waals surface area contributed by atoms with Gasteiger partial charge in [0, 0.05) is 24.5 Å². The Morgan fingerprint density at radius 2 is 2.12 bits per heavy atom. The molecule has 0 spiro atoms. The lowest BCUT2D eigenvalue weighted by atomic mass is 10.1. The Bertz CT molecular complexity index is 511. The van der Waals surface area contributed by atoms with E-state index in [1.54, 1.807) is 30.2 Å². The van der Waals surface area contributed by atoms with Gasteiger partial charge in [-0.15, -0.1) is 0 Å². The van der Waals surface area contributed by atoms with Crippen molar-refractivity contribution in [3.63, 3.8) is 0 Å². The molecule has 0 saturated carbocycles. The number of carbonyl (C=O) groups is 1. The molecule has 2 heterocycles.